The normalized spacial score (nSPS) is 8.04. The molecule has 0 aliphatic heterocycles. The third kappa shape index (κ3) is 14.5. The molecule has 0 nitrogen and oxygen atoms in total. The van der Waals surface area contributed by atoms with Crippen LogP contribution in [0.5, 0.6) is 0 Å². The summed E-state index contributed by atoms with van der Waals surface area (Å²) in [5.74, 6) is 0. The Morgan fingerprint density at radius 1 is 0.577 bits per heavy atom. The van der Waals surface area contributed by atoms with E-state index in [4.69, 9.17) is 0 Å². The van der Waals surface area contributed by atoms with E-state index < -0.39 is 0 Å². The molecule has 0 unspecified atom stereocenters. The lowest BCUT2D eigenvalue weighted by Crippen LogP contribution is -1.73. The van der Waals surface area contributed by atoms with Crippen molar-refractivity contribution in [2.24, 2.45) is 0 Å². The highest BCUT2D eigenvalue weighted by Crippen LogP contribution is 1.97. The summed E-state index contributed by atoms with van der Waals surface area (Å²) in [6.45, 7) is 12.5. The van der Waals surface area contributed by atoms with Crippen molar-refractivity contribution >= 4 is 6.08 Å². The molecule has 0 heteroatoms. The van der Waals surface area contributed by atoms with Gasteiger partial charge in [0.25, 0.3) is 0 Å². The molecular formula is C26H30. The van der Waals surface area contributed by atoms with E-state index in [1.807, 2.05) is 78.9 Å². The maximum Gasteiger partial charge on any atom is -0.0263 e. The molecule has 0 radical (unpaired) electrons. The summed E-state index contributed by atoms with van der Waals surface area (Å²) in [5.41, 5.74) is 2.58. The highest BCUT2D eigenvalue weighted by molar-refractivity contribution is 5.45. The van der Waals surface area contributed by atoms with Gasteiger partial charge in [-0.05, 0) is 17.5 Å². The molecule has 3 rings (SSSR count). The fourth-order valence-electron chi connectivity index (χ4n) is 1.69. The molecule has 0 aromatic heterocycles. The number of rotatable bonds is 3. The summed E-state index contributed by atoms with van der Waals surface area (Å²) >= 11 is 0. The van der Waals surface area contributed by atoms with Crippen LogP contribution in [0.4, 0.5) is 0 Å². The standard InChI is InChI=1S/C8H10.C8H8.C6H6.C4H6/c2*1-2-8-6-4-3-5-7-8;1-2-4-6-5-3-1;1-3-4-2/h3-7H,2H2,1H3;2-7H,1H2;1-6H;3-4H,1-2H2. The minimum Gasteiger partial charge on any atom is -0.0991 e. The Morgan fingerprint density at radius 2 is 0.923 bits per heavy atom. The third-order valence-corrected chi connectivity index (χ3v) is 3.12. The quantitative estimate of drug-likeness (QED) is 0.429. The molecule has 0 N–H and O–H groups in total. The number of benzene rings is 3. The number of hydrogen-bond donors (Lipinski definition) is 0. The van der Waals surface area contributed by atoms with Gasteiger partial charge in [0.1, 0.15) is 0 Å². The van der Waals surface area contributed by atoms with E-state index >= 15 is 0 Å². The summed E-state index contributed by atoms with van der Waals surface area (Å²) in [5, 5.41) is 0. The topological polar surface area (TPSA) is 0 Å². The zero-order valence-electron chi connectivity index (χ0n) is 15.8. The summed E-state index contributed by atoms with van der Waals surface area (Å²) in [6, 6.07) is 32.5. The fourth-order valence-corrected chi connectivity index (χ4v) is 1.69. The molecule has 0 saturated carbocycles. The van der Waals surface area contributed by atoms with Crippen molar-refractivity contribution < 1.29 is 0 Å². The third-order valence-electron chi connectivity index (χ3n) is 3.12. The van der Waals surface area contributed by atoms with Crippen LogP contribution in [0, 0.1) is 0 Å². The Balaban J connectivity index is 0.000000331. The van der Waals surface area contributed by atoms with Crippen LogP contribution in [0.25, 0.3) is 6.08 Å². The monoisotopic (exact) mass is 342 g/mol. The second kappa shape index (κ2) is 18.2. The van der Waals surface area contributed by atoms with Crippen LogP contribution in [0.2, 0.25) is 0 Å². The van der Waals surface area contributed by atoms with E-state index in [0.717, 1.165) is 6.42 Å². The predicted molar refractivity (Wildman–Crippen MR) is 119 cm³/mol. The Hall–Kier alpha value is -3.12. The van der Waals surface area contributed by atoms with Gasteiger partial charge in [0.2, 0.25) is 0 Å². The molecule has 0 aliphatic rings. The molecular weight excluding hydrogens is 312 g/mol. The molecule has 0 atom stereocenters. The van der Waals surface area contributed by atoms with Crippen molar-refractivity contribution in [1.29, 1.82) is 0 Å². The van der Waals surface area contributed by atoms with Gasteiger partial charge in [-0.15, -0.1) is 0 Å². The van der Waals surface area contributed by atoms with Crippen molar-refractivity contribution in [3.63, 3.8) is 0 Å². The maximum absolute atomic E-state index is 3.63. The van der Waals surface area contributed by atoms with Crippen LogP contribution < -0.4 is 0 Å². The van der Waals surface area contributed by atoms with Gasteiger partial charge < -0.3 is 0 Å². The molecule has 134 valence electrons. The minimum absolute atomic E-state index is 1.14. The van der Waals surface area contributed by atoms with Crippen LogP contribution in [-0.4, -0.2) is 0 Å². The zero-order chi connectivity index (χ0) is 19.3. The second-order valence-electron chi connectivity index (χ2n) is 5.08. The number of hydrogen-bond acceptors (Lipinski definition) is 0. The fraction of sp³-hybridized carbons (Fsp3) is 0.0769. The summed E-state index contributed by atoms with van der Waals surface area (Å²) < 4.78 is 0. The van der Waals surface area contributed by atoms with Crippen molar-refractivity contribution in [3.8, 4) is 0 Å². The predicted octanol–water partition coefficient (Wildman–Crippen LogP) is 7.62. The second-order valence-corrected chi connectivity index (χ2v) is 5.08. The van der Waals surface area contributed by atoms with Crippen LogP contribution in [-0.2, 0) is 6.42 Å². The largest absolute Gasteiger partial charge is 0.0991 e. The lowest BCUT2D eigenvalue weighted by molar-refractivity contribution is 1.14. The highest BCUT2D eigenvalue weighted by atomic mass is 13.9. The lowest BCUT2D eigenvalue weighted by atomic mass is 10.2. The van der Waals surface area contributed by atoms with Crippen molar-refractivity contribution in [2.45, 2.75) is 13.3 Å². The average Bonchev–Trinajstić information content (AvgIpc) is 2.77. The maximum atomic E-state index is 3.63. The highest BCUT2D eigenvalue weighted by Gasteiger charge is 1.80. The van der Waals surface area contributed by atoms with Crippen molar-refractivity contribution in [3.05, 3.63) is 140 Å². The minimum atomic E-state index is 1.14. The van der Waals surface area contributed by atoms with Gasteiger partial charge in [-0.3, -0.25) is 0 Å². The van der Waals surface area contributed by atoms with Crippen molar-refractivity contribution in [1.82, 2.24) is 0 Å². The van der Waals surface area contributed by atoms with Gasteiger partial charge in [-0.1, -0.05) is 142 Å². The first kappa shape index (κ1) is 22.9. The Morgan fingerprint density at radius 3 is 1.15 bits per heavy atom. The molecule has 3 aromatic carbocycles. The van der Waals surface area contributed by atoms with Crippen molar-refractivity contribution in [2.75, 3.05) is 0 Å². The van der Waals surface area contributed by atoms with Crippen LogP contribution in [0.15, 0.2) is 129 Å². The van der Waals surface area contributed by atoms with Gasteiger partial charge >= 0.3 is 0 Å². The first-order valence-electron chi connectivity index (χ1n) is 8.73. The van der Waals surface area contributed by atoms with E-state index in [-0.39, 0.29) is 0 Å². The lowest BCUT2D eigenvalue weighted by Gasteiger charge is -1.89. The number of aryl methyl sites for hydroxylation is 1. The summed E-state index contributed by atoms with van der Waals surface area (Å²) in [6.07, 6.45) is 6.25. The summed E-state index contributed by atoms with van der Waals surface area (Å²) in [7, 11) is 0. The Kier molecular flexibility index (Phi) is 16.0. The molecule has 0 heterocycles. The molecule has 0 amide bonds. The van der Waals surface area contributed by atoms with Crippen LogP contribution in [0.3, 0.4) is 0 Å². The first-order chi connectivity index (χ1) is 12.8. The van der Waals surface area contributed by atoms with Gasteiger partial charge in [-0.25, -0.2) is 0 Å². The molecule has 3 aromatic rings. The van der Waals surface area contributed by atoms with E-state index in [1.54, 1.807) is 12.2 Å². The van der Waals surface area contributed by atoms with E-state index in [9.17, 15) is 0 Å². The molecule has 26 heavy (non-hydrogen) atoms. The Bertz CT molecular complexity index is 634. The van der Waals surface area contributed by atoms with Gasteiger partial charge in [-0.2, -0.15) is 0 Å². The molecule has 0 spiro atoms. The average molecular weight is 343 g/mol. The first-order valence-corrected chi connectivity index (χ1v) is 8.73. The van der Waals surface area contributed by atoms with Crippen LogP contribution >= 0.6 is 0 Å². The van der Waals surface area contributed by atoms with Gasteiger partial charge in [0.15, 0.2) is 0 Å². The molecule has 0 bridgehead atoms. The van der Waals surface area contributed by atoms with E-state index in [1.165, 1.54) is 11.1 Å². The van der Waals surface area contributed by atoms with E-state index in [2.05, 4.69) is 50.9 Å². The van der Waals surface area contributed by atoms with Crippen LogP contribution in [0.1, 0.15) is 18.1 Å². The number of allylic oxidation sites excluding steroid dienone is 2. The smallest absolute Gasteiger partial charge is 0.0263 e. The zero-order valence-corrected chi connectivity index (χ0v) is 15.8. The van der Waals surface area contributed by atoms with E-state index in [0.29, 0.717) is 0 Å². The SMILES string of the molecule is C=CC=C.C=Cc1ccccc1.CCc1ccccc1.c1ccccc1. The Labute approximate surface area is 159 Å². The summed E-state index contributed by atoms with van der Waals surface area (Å²) in [4.78, 5) is 0. The van der Waals surface area contributed by atoms with Gasteiger partial charge in [0, 0.05) is 0 Å². The molecule has 0 saturated heterocycles. The molecule has 0 fully saturated rings. The van der Waals surface area contributed by atoms with Gasteiger partial charge in [0.05, 0.1) is 0 Å². The molecule has 0 aliphatic carbocycles.